The zero-order chi connectivity index (χ0) is 28.1. The van der Waals surface area contributed by atoms with Crippen molar-refractivity contribution in [2.45, 2.75) is 13.3 Å². The van der Waals surface area contributed by atoms with Crippen LogP contribution in [0.4, 0.5) is 5.69 Å². The maximum Gasteiger partial charge on any atom is 0.256 e. The van der Waals surface area contributed by atoms with Crippen LogP contribution >= 0.6 is 0 Å². The maximum absolute atomic E-state index is 13.6. The minimum Gasteiger partial charge on any atom is -0.497 e. The Bertz CT molecular complexity index is 1500. The summed E-state index contributed by atoms with van der Waals surface area (Å²) in [6.07, 6.45) is 0.126. The number of anilines is 1. The number of methoxy groups -OCH3 is 4. The molecule has 3 aromatic rings. The number of hydrogen-bond donors (Lipinski definition) is 1. The number of hydrogen-bond acceptors (Lipinski definition) is 7. The predicted molar refractivity (Wildman–Crippen MR) is 147 cm³/mol. The van der Waals surface area contributed by atoms with E-state index in [4.69, 9.17) is 18.9 Å². The lowest BCUT2D eigenvalue weighted by Gasteiger charge is -2.21. The molecule has 0 atom stereocenters. The first kappa shape index (κ1) is 27.2. The van der Waals surface area contributed by atoms with E-state index in [0.717, 1.165) is 5.56 Å². The molecule has 1 N–H and O–H groups in total. The number of carbonyl (C=O) groups is 3. The van der Waals surface area contributed by atoms with Crippen molar-refractivity contribution in [1.29, 1.82) is 0 Å². The summed E-state index contributed by atoms with van der Waals surface area (Å²) in [5.41, 5.74) is 3.69. The molecule has 0 saturated heterocycles. The molecule has 3 aromatic carbocycles. The Morgan fingerprint density at radius 3 is 2.05 bits per heavy atom. The lowest BCUT2D eigenvalue weighted by molar-refractivity contribution is -0.121. The van der Waals surface area contributed by atoms with Crippen molar-refractivity contribution >= 4 is 23.2 Å². The maximum atomic E-state index is 13.6. The fourth-order valence-electron chi connectivity index (χ4n) is 4.41. The Labute approximate surface area is 226 Å². The highest BCUT2D eigenvalue weighted by molar-refractivity contribution is 6.23. The smallest absolute Gasteiger partial charge is 0.256 e. The van der Waals surface area contributed by atoms with Gasteiger partial charge in [0.15, 0.2) is 0 Å². The topological polar surface area (TPSA) is 100 Å². The van der Waals surface area contributed by atoms with Gasteiger partial charge < -0.3 is 24.3 Å². The summed E-state index contributed by atoms with van der Waals surface area (Å²) in [6.45, 7) is 1.59. The van der Waals surface area contributed by atoms with Gasteiger partial charge in [-0.05, 0) is 66.1 Å². The summed E-state index contributed by atoms with van der Waals surface area (Å²) in [5.74, 6) is -0.0931. The summed E-state index contributed by atoms with van der Waals surface area (Å²) in [7, 11) is 5.80. The summed E-state index contributed by atoms with van der Waals surface area (Å²) < 4.78 is 20.9. The molecule has 0 bridgehead atoms. The summed E-state index contributed by atoms with van der Waals surface area (Å²) in [6, 6.07) is 19.8. The third-order valence-electron chi connectivity index (χ3n) is 6.53. The molecule has 0 spiro atoms. The molecule has 0 aromatic heterocycles. The third-order valence-corrected chi connectivity index (χ3v) is 6.53. The molecular weight excluding hydrogens is 498 g/mol. The van der Waals surface area contributed by atoms with Crippen molar-refractivity contribution in [3.63, 3.8) is 0 Å². The number of rotatable bonds is 9. The van der Waals surface area contributed by atoms with Gasteiger partial charge in [-0.3, -0.25) is 14.4 Å². The first-order chi connectivity index (χ1) is 18.8. The van der Waals surface area contributed by atoms with Crippen LogP contribution in [-0.2, 0) is 25.5 Å². The van der Waals surface area contributed by atoms with E-state index >= 15 is 0 Å². The van der Waals surface area contributed by atoms with Crippen molar-refractivity contribution in [2.75, 3.05) is 33.8 Å². The minimum atomic E-state index is -0.424. The summed E-state index contributed by atoms with van der Waals surface area (Å²) in [4.78, 5) is 39.6. The molecule has 0 radical (unpaired) electrons. The summed E-state index contributed by atoms with van der Waals surface area (Å²) >= 11 is 0. The third kappa shape index (κ3) is 5.55. The fourth-order valence-corrected chi connectivity index (χ4v) is 4.41. The molecule has 39 heavy (non-hydrogen) atoms. The molecule has 8 nitrogen and oxygen atoms in total. The molecule has 1 aliphatic rings. The van der Waals surface area contributed by atoms with Crippen LogP contribution in [-0.4, -0.2) is 45.9 Å². The number of benzene rings is 3. The molecule has 0 unspecified atom stereocenters. The van der Waals surface area contributed by atoms with Crippen molar-refractivity contribution in [2.24, 2.45) is 0 Å². The number of Topliss-reactive ketones (excluding diaryl/α,β-unsaturated/α-hetero) is 2. The second kappa shape index (κ2) is 11.7. The van der Waals surface area contributed by atoms with Crippen LogP contribution in [0, 0.1) is 0 Å². The Kier molecular flexibility index (Phi) is 8.15. The van der Waals surface area contributed by atoms with Crippen LogP contribution < -0.4 is 14.8 Å². The monoisotopic (exact) mass is 527 g/mol. The highest BCUT2D eigenvalue weighted by atomic mass is 16.5. The second-order valence-corrected chi connectivity index (χ2v) is 8.80. The van der Waals surface area contributed by atoms with Crippen molar-refractivity contribution < 1.29 is 33.3 Å². The Morgan fingerprint density at radius 2 is 1.41 bits per heavy atom. The van der Waals surface area contributed by atoms with Crippen LogP contribution in [0.25, 0.3) is 11.1 Å². The van der Waals surface area contributed by atoms with Gasteiger partial charge in [-0.15, -0.1) is 0 Å². The van der Waals surface area contributed by atoms with Gasteiger partial charge in [-0.2, -0.15) is 0 Å². The highest BCUT2D eigenvalue weighted by Crippen LogP contribution is 2.32. The minimum absolute atomic E-state index is 0.114. The van der Waals surface area contributed by atoms with Crippen molar-refractivity contribution in [1.82, 2.24) is 0 Å². The lowest BCUT2D eigenvalue weighted by atomic mass is 9.87. The SMILES string of the molecule is COC1=C(OC)C(=O)C(Cc2ccc(-c3cccc(OC)c3)c(C(=O)Nc3ccc(OC)cc3)c2)=C(C)C1=O. The summed E-state index contributed by atoms with van der Waals surface area (Å²) in [5, 5.41) is 2.93. The van der Waals surface area contributed by atoms with Gasteiger partial charge >= 0.3 is 0 Å². The lowest BCUT2D eigenvalue weighted by Crippen LogP contribution is -2.26. The first-order valence-corrected chi connectivity index (χ1v) is 12.1. The molecule has 1 amide bonds. The number of ketones is 2. The van der Waals surface area contributed by atoms with Gasteiger partial charge in [-0.25, -0.2) is 0 Å². The Morgan fingerprint density at radius 1 is 0.744 bits per heavy atom. The van der Waals surface area contributed by atoms with E-state index in [-0.39, 0.29) is 35.0 Å². The quantitative estimate of drug-likeness (QED) is 0.385. The number of carbonyl (C=O) groups excluding carboxylic acids is 3. The largest absolute Gasteiger partial charge is 0.497 e. The van der Waals surface area contributed by atoms with Crippen LogP contribution in [0.3, 0.4) is 0 Å². The second-order valence-electron chi connectivity index (χ2n) is 8.80. The van der Waals surface area contributed by atoms with Gasteiger partial charge in [0.25, 0.3) is 5.91 Å². The van der Waals surface area contributed by atoms with Gasteiger partial charge in [0.05, 0.1) is 28.4 Å². The van der Waals surface area contributed by atoms with Gasteiger partial charge in [0, 0.05) is 28.8 Å². The fraction of sp³-hybridized carbons (Fsp3) is 0.194. The highest BCUT2D eigenvalue weighted by Gasteiger charge is 2.34. The van der Waals surface area contributed by atoms with Gasteiger partial charge in [-0.1, -0.05) is 24.3 Å². The van der Waals surface area contributed by atoms with E-state index < -0.39 is 11.6 Å². The van der Waals surface area contributed by atoms with Crippen LogP contribution in [0.1, 0.15) is 22.8 Å². The van der Waals surface area contributed by atoms with E-state index in [2.05, 4.69) is 5.32 Å². The van der Waals surface area contributed by atoms with Crippen molar-refractivity contribution in [3.05, 3.63) is 101 Å². The van der Waals surface area contributed by atoms with E-state index in [9.17, 15) is 14.4 Å². The Balaban J connectivity index is 1.75. The number of ether oxygens (including phenoxy) is 4. The molecule has 0 heterocycles. The molecular formula is C31H29NO7. The standard InChI is InChI=1S/C31H29NO7/c1-18-25(28(34)30(39-5)29(38-4)27(18)33)15-19-9-14-24(20-7-6-8-23(17-20)37-3)26(16-19)31(35)32-21-10-12-22(36-2)13-11-21/h6-14,16-17H,15H2,1-5H3,(H,32,35). The molecule has 0 fully saturated rings. The molecule has 4 rings (SSSR count). The Hall–Kier alpha value is -4.85. The molecule has 0 aliphatic heterocycles. The van der Waals surface area contributed by atoms with Crippen LogP contribution in [0.15, 0.2) is 89.4 Å². The normalized spacial score (nSPS) is 13.4. The van der Waals surface area contributed by atoms with Crippen LogP contribution in [0.5, 0.6) is 11.5 Å². The van der Waals surface area contributed by atoms with Crippen LogP contribution in [0.2, 0.25) is 0 Å². The van der Waals surface area contributed by atoms with Gasteiger partial charge in [0.1, 0.15) is 11.5 Å². The molecule has 200 valence electrons. The molecule has 8 heteroatoms. The van der Waals surface area contributed by atoms with E-state index in [0.29, 0.717) is 33.9 Å². The van der Waals surface area contributed by atoms with E-state index in [1.165, 1.54) is 14.2 Å². The number of allylic oxidation sites excluding steroid dienone is 2. The van der Waals surface area contributed by atoms with Gasteiger partial charge in [0.2, 0.25) is 23.1 Å². The molecule has 1 aliphatic carbocycles. The zero-order valence-electron chi connectivity index (χ0n) is 22.4. The number of amides is 1. The number of nitrogens with one attached hydrogen (secondary N) is 1. The predicted octanol–water partition coefficient (Wildman–Crippen LogP) is 5.14. The average molecular weight is 528 g/mol. The van der Waals surface area contributed by atoms with Crippen molar-refractivity contribution in [3.8, 4) is 22.6 Å². The van der Waals surface area contributed by atoms with E-state index in [1.807, 2.05) is 36.4 Å². The average Bonchev–Trinajstić information content (AvgIpc) is 2.97. The first-order valence-electron chi connectivity index (χ1n) is 12.1. The zero-order valence-corrected chi connectivity index (χ0v) is 22.4. The van der Waals surface area contributed by atoms with E-state index in [1.54, 1.807) is 51.5 Å². The molecule has 0 saturated carbocycles.